The summed E-state index contributed by atoms with van der Waals surface area (Å²) in [6.45, 7) is 1.94. The Labute approximate surface area is 62.8 Å². The Morgan fingerprint density at radius 3 is 1.62 bits per heavy atom. The molecule has 0 unspecified atom stereocenters. The minimum Gasteiger partial charge on any atom is -1.00 e. The highest BCUT2D eigenvalue weighted by molar-refractivity contribution is 5.45. The second-order valence-corrected chi connectivity index (χ2v) is 1.31. The zero-order valence-electron chi connectivity index (χ0n) is 5.28. The molecule has 8 heavy (non-hydrogen) atoms. The van der Waals surface area contributed by atoms with Crippen molar-refractivity contribution in [3.05, 3.63) is 0 Å². The zero-order valence-corrected chi connectivity index (χ0v) is 6.79. The van der Waals surface area contributed by atoms with Crippen molar-refractivity contribution in [2.24, 2.45) is 0 Å². The molecular weight excluding hydrogens is 147 g/mol. The van der Waals surface area contributed by atoms with Crippen molar-refractivity contribution in [3.8, 4) is 0 Å². The lowest BCUT2D eigenvalue weighted by molar-refractivity contribution is -0.627. The average Bonchev–Trinajstić information content (AvgIpc) is 1.35. The SMILES string of the molecule is CC=[NH+]N(C)C.[Cl-].[Cl-]. The third-order valence-corrected chi connectivity index (χ3v) is 0.387. The van der Waals surface area contributed by atoms with Crippen LogP contribution < -0.4 is 29.9 Å². The molecule has 0 amide bonds. The van der Waals surface area contributed by atoms with Crippen LogP contribution in [0.15, 0.2) is 0 Å². The molecule has 52 valence electrons. The molecule has 0 aromatic carbocycles. The van der Waals surface area contributed by atoms with E-state index in [9.17, 15) is 0 Å². The monoisotopic (exact) mass is 157 g/mol. The third-order valence-electron chi connectivity index (χ3n) is 0.387. The van der Waals surface area contributed by atoms with Crippen LogP contribution >= 0.6 is 0 Å². The molecule has 0 atom stereocenters. The lowest BCUT2D eigenvalue weighted by Crippen LogP contribution is -3.00. The average molecular weight is 158 g/mol. The van der Waals surface area contributed by atoms with Gasteiger partial charge in [-0.2, -0.15) is 5.01 Å². The smallest absolute Gasteiger partial charge is 0.164 e. The van der Waals surface area contributed by atoms with Gasteiger partial charge in [-0.1, -0.05) is 0 Å². The molecular formula is C4H11Cl2N2-. The molecule has 2 nitrogen and oxygen atoms in total. The molecule has 0 bridgehead atoms. The molecule has 4 heteroatoms. The van der Waals surface area contributed by atoms with Gasteiger partial charge in [0.05, 0.1) is 14.1 Å². The Kier molecular flexibility index (Phi) is 19.8. The van der Waals surface area contributed by atoms with Gasteiger partial charge in [0.25, 0.3) is 0 Å². The number of hydrogen-bond donors (Lipinski definition) is 1. The van der Waals surface area contributed by atoms with Crippen molar-refractivity contribution >= 4 is 6.21 Å². The van der Waals surface area contributed by atoms with Crippen LogP contribution in [0.25, 0.3) is 0 Å². The van der Waals surface area contributed by atoms with Gasteiger partial charge in [0.15, 0.2) is 6.21 Å². The molecule has 0 heterocycles. The van der Waals surface area contributed by atoms with Gasteiger partial charge < -0.3 is 24.8 Å². The first-order valence-corrected chi connectivity index (χ1v) is 1.98. The van der Waals surface area contributed by atoms with E-state index < -0.39 is 0 Å². The number of nitrogens with one attached hydrogen (secondary N) is 1. The molecule has 0 saturated carbocycles. The molecule has 0 aliphatic rings. The Hall–Kier alpha value is 0.0500. The van der Waals surface area contributed by atoms with E-state index in [4.69, 9.17) is 0 Å². The summed E-state index contributed by atoms with van der Waals surface area (Å²) in [7, 11) is 3.89. The summed E-state index contributed by atoms with van der Waals surface area (Å²) in [5, 5.41) is 4.79. The van der Waals surface area contributed by atoms with Gasteiger partial charge in [0.2, 0.25) is 0 Å². The zero-order chi connectivity index (χ0) is 4.99. The summed E-state index contributed by atoms with van der Waals surface area (Å²) in [6.07, 6.45) is 1.88. The highest BCUT2D eigenvalue weighted by atomic mass is 35.5. The Bertz CT molecular complexity index is 54.0. The fourth-order valence-electron chi connectivity index (χ4n) is 0.258. The van der Waals surface area contributed by atoms with E-state index in [1.165, 1.54) is 0 Å². The van der Waals surface area contributed by atoms with Crippen molar-refractivity contribution in [2.75, 3.05) is 14.1 Å². The summed E-state index contributed by atoms with van der Waals surface area (Å²) >= 11 is 0. The summed E-state index contributed by atoms with van der Waals surface area (Å²) in [5.41, 5.74) is 0. The van der Waals surface area contributed by atoms with Crippen LogP contribution in [-0.4, -0.2) is 25.3 Å². The van der Waals surface area contributed by atoms with Crippen molar-refractivity contribution in [1.82, 2.24) is 5.01 Å². The molecule has 0 saturated heterocycles. The predicted octanol–water partition coefficient (Wildman–Crippen LogP) is -7.36. The van der Waals surface area contributed by atoms with Crippen molar-refractivity contribution in [2.45, 2.75) is 6.92 Å². The Balaban J connectivity index is -0.000000125. The molecule has 0 radical (unpaired) electrons. The summed E-state index contributed by atoms with van der Waals surface area (Å²) in [5.74, 6) is 0. The second kappa shape index (κ2) is 10.1. The van der Waals surface area contributed by atoms with Crippen molar-refractivity contribution in [1.29, 1.82) is 0 Å². The molecule has 0 aromatic heterocycles. The maximum atomic E-state index is 2.92. The van der Waals surface area contributed by atoms with E-state index in [1.54, 1.807) is 0 Å². The first kappa shape index (κ1) is 15.7. The fraction of sp³-hybridized carbons (Fsp3) is 0.750. The lowest BCUT2D eigenvalue weighted by atomic mass is 10.9. The van der Waals surface area contributed by atoms with Gasteiger partial charge in [-0.15, -0.1) is 5.10 Å². The number of nitrogens with zero attached hydrogens (tertiary/aromatic N) is 1. The van der Waals surface area contributed by atoms with Crippen molar-refractivity contribution in [3.63, 3.8) is 0 Å². The molecule has 0 fully saturated rings. The van der Waals surface area contributed by atoms with Crippen LogP contribution in [0.5, 0.6) is 0 Å². The highest BCUT2D eigenvalue weighted by Gasteiger charge is 1.74. The van der Waals surface area contributed by atoms with E-state index in [1.807, 2.05) is 32.2 Å². The first-order chi connectivity index (χ1) is 2.77. The van der Waals surface area contributed by atoms with E-state index in [-0.39, 0.29) is 24.8 Å². The van der Waals surface area contributed by atoms with E-state index in [0.29, 0.717) is 0 Å². The Morgan fingerprint density at radius 1 is 1.25 bits per heavy atom. The number of hydrazone groups is 1. The van der Waals surface area contributed by atoms with Gasteiger partial charge in [-0.25, -0.2) is 0 Å². The van der Waals surface area contributed by atoms with Gasteiger partial charge in [0, 0.05) is 6.92 Å². The molecule has 0 spiro atoms. The minimum atomic E-state index is 0. The molecule has 0 aliphatic heterocycles. The predicted molar refractivity (Wildman–Crippen MR) is 26.4 cm³/mol. The fourth-order valence-corrected chi connectivity index (χ4v) is 0.258. The summed E-state index contributed by atoms with van der Waals surface area (Å²) in [4.78, 5) is 0. The number of hydrogen-bond acceptors (Lipinski definition) is 1. The molecule has 0 rings (SSSR count). The maximum Gasteiger partial charge on any atom is 0.164 e. The quantitative estimate of drug-likeness (QED) is 0.296. The van der Waals surface area contributed by atoms with Crippen LogP contribution in [0.4, 0.5) is 0 Å². The molecule has 0 aromatic rings. The van der Waals surface area contributed by atoms with Crippen LogP contribution in [0.1, 0.15) is 6.92 Å². The largest absolute Gasteiger partial charge is 1.00 e. The van der Waals surface area contributed by atoms with Gasteiger partial charge in [-0.3, -0.25) is 0 Å². The topological polar surface area (TPSA) is 17.2 Å². The highest BCUT2D eigenvalue weighted by Crippen LogP contribution is 1.35. The van der Waals surface area contributed by atoms with Crippen LogP contribution in [0.3, 0.4) is 0 Å². The standard InChI is InChI=1S/C4H10N2.2ClH/c1-4-5-6(2)3;;/h4H,1-3H3;2*1H/p-1. The summed E-state index contributed by atoms with van der Waals surface area (Å²) in [6, 6.07) is 0. The lowest BCUT2D eigenvalue weighted by Gasteiger charge is -1.90. The first-order valence-electron chi connectivity index (χ1n) is 1.98. The van der Waals surface area contributed by atoms with Gasteiger partial charge in [0.1, 0.15) is 0 Å². The third kappa shape index (κ3) is 16.6. The van der Waals surface area contributed by atoms with E-state index in [2.05, 4.69) is 5.10 Å². The molecule has 0 aliphatic carbocycles. The van der Waals surface area contributed by atoms with Crippen molar-refractivity contribution < 1.29 is 29.9 Å². The number of halogens is 2. The number of rotatable bonds is 1. The second-order valence-electron chi connectivity index (χ2n) is 1.31. The minimum absolute atomic E-state index is 0. The van der Waals surface area contributed by atoms with Crippen LogP contribution in [0.2, 0.25) is 0 Å². The van der Waals surface area contributed by atoms with Gasteiger partial charge >= 0.3 is 0 Å². The molecule has 1 N–H and O–H groups in total. The number of hydrazine groups is 1. The van der Waals surface area contributed by atoms with E-state index >= 15 is 0 Å². The summed E-state index contributed by atoms with van der Waals surface area (Å²) < 4.78 is 0. The maximum absolute atomic E-state index is 2.92. The van der Waals surface area contributed by atoms with E-state index in [0.717, 1.165) is 0 Å². The van der Waals surface area contributed by atoms with Crippen LogP contribution in [0, 0.1) is 0 Å². The Morgan fingerprint density at radius 2 is 1.62 bits per heavy atom. The van der Waals surface area contributed by atoms with Gasteiger partial charge in [-0.05, 0) is 0 Å². The van der Waals surface area contributed by atoms with Crippen LogP contribution in [-0.2, 0) is 0 Å². The normalized spacial score (nSPS) is 7.38.